The van der Waals surface area contributed by atoms with Crippen molar-refractivity contribution in [2.24, 2.45) is 0 Å². The molecule has 1 amide bonds. The zero-order valence-electron chi connectivity index (χ0n) is 10.4. The minimum absolute atomic E-state index is 0.0360. The molecule has 7 heteroatoms. The Hall–Kier alpha value is -1.63. The predicted molar refractivity (Wildman–Crippen MR) is 75.1 cm³/mol. The quantitative estimate of drug-likeness (QED) is 0.683. The lowest BCUT2D eigenvalue weighted by molar-refractivity contribution is -0.384. The van der Waals surface area contributed by atoms with Gasteiger partial charge in [-0.15, -0.1) is 0 Å². The number of halogens is 1. The van der Waals surface area contributed by atoms with Gasteiger partial charge in [-0.3, -0.25) is 14.9 Å². The highest BCUT2D eigenvalue weighted by Gasteiger charge is 2.24. The van der Waals surface area contributed by atoms with Crippen molar-refractivity contribution in [1.82, 2.24) is 4.90 Å². The molecule has 1 unspecified atom stereocenters. The molecular formula is C12H14BrN3O3. The summed E-state index contributed by atoms with van der Waals surface area (Å²) in [6, 6.07) is 4.95. The molecule has 1 heterocycles. The number of nitrogens with zero attached hydrogens (tertiary/aromatic N) is 2. The van der Waals surface area contributed by atoms with Gasteiger partial charge in [0, 0.05) is 36.6 Å². The molecule has 0 radical (unpaired) electrons. The molecule has 1 saturated heterocycles. The van der Waals surface area contributed by atoms with E-state index in [0.717, 1.165) is 0 Å². The maximum Gasteiger partial charge on any atom is 0.293 e. The third-order valence-corrected chi connectivity index (χ3v) is 3.64. The van der Waals surface area contributed by atoms with Crippen LogP contribution in [0.3, 0.4) is 0 Å². The molecule has 1 fully saturated rings. The number of carbonyl (C=O) groups excluding carboxylic acids is 1. The molecule has 0 aromatic heterocycles. The number of hydrogen-bond donors (Lipinski definition) is 1. The Bertz CT molecular complexity index is 521. The second-order valence-corrected chi connectivity index (χ2v) is 5.49. The van der Waals surface area contributed by atoms with Crippen LogP contribution < -0.4 is 5.32 Å². The number of amides is 1. The van der Waals surface area contributed by atoms with Crippen LogP contribution in [0.1, 0.15) is 12.8 Å². The predicted octanol–water partition coefficient (Wildman–Crippen LogP) is 2.39. The van der Waals surface area contributed by atoms with Crippen LogP contribution in [0.4, 0.5) is 11.4 Å². The zero-order valence-corrected chi connectivity index (χ0v) is 12.0. The van der Waals surface area contributed by atoms with Crippen molar-refractivity contribution in [2.75, 3.05) is 18.9 Å². The fourth-order valence-electron chi connectivity index (χ4n) is 2.13. The number of benzene rings is 1. The molecule has 102 valence electrons. The summed E-state index contributed by atoms with van der Waals surface area (Å²) in [5, 5.41) is 14.2. The first-order chi connectivity index (χ1) is 8.97. The van der Waals surface area contributed by atoms with E-state index < -0.39 is 4.92 Å². The molecular weight excluding hydrogens is 314 g/mol. The second kappa shape index (κ2) is 5.56. The number of likely N-dealkylation sites (tertiary alicyclic amines) is 1. The van der Waals surface area contributed by atoms with Crippen LogP contribution in [0.15, 0.2) is 22.7 Å². The summed E-state index contributed by atoms with van der Waals surface area (Å²) >= 11 is 3.22. The van der Waals surface area contributed by atoms with Crippen molar-refractivity contribution >= 4 is 33.2 Å². The number of likely N-dealkylation sites (N-methyl/N-ethyl adjacent to an activating group) is 1. The number of nitro groups is 1. The van der Waals surface area contributed by atoms with E-state index >= 15 is 0 Å². The normalized spacial score (nSPS) is 19.4. The highest BCUT2D eigenvalue weighted by molar-refractivity contribution is 9.10. The first-order valence-electron chi connectivity index (χ1n) is 5.92. The molecule has 1 aromatic carbocycles. The van der Waals surface area contributed by atoms with Crippen molar-refractivity contribution < 1.29 is 9.72 Å². The summed E-state index contributed by atoms with van der Waals surface area (Å²) in [7, 11) is 1.74. The number of piperidine rings is 1. The number of nitro benzene ring substituents is 1. The molecule has 1 aromatic rings. The lowest BCUT2D eigenvalue weighted by Crippen LogP contribution is -2.43. The van der Waals surface area contributed by atoms with Gasteiger partial charge in [0.1, 0.15) is 5.69 Å². The zero-order chi connectivity index (χ0) is 14.0. The smallest absolute Gasteiger partial charge is 0.293 e. The Balaban J connectivity index is 2.15. The lowest BCUT2D eigenvalue weighted by atomic mass is 10.1. The van der Waals surface area contributed by atoms with E-state index in [1.54, 1.807) is 24.1 Å². The van der Waals surface area contributed by atoms with Gasteiger partial charge in [-0.25, -0.2) is 0 Å². The van der Waals surface area contributed by atoms with Crippen molar-refractivity contribution in [3.8, 4) is 0 Å². The summed E-state index contributed by atoms with van der Waals surface area (Å²) in [5.41, 5.74) is 0.523. The monoisotopic (exact) mass is 327 g/mol. The molecule has 19 heavy (non-hydrogen) atoms. The fourth-order valence-corrected chi connectivity index (χ4v) is 2.48. The number of rotatable bonds is 3. The molecule has 6 nitrogen and oxygen atoms in total. The number of nitrogens with one attached hydrogen (secondary N) is 1. The summed E-state index contributed by atoms with van der Waals surface area (Å²) < 4.78 is 0.667. The van der Waals surface area contributed by atoms with Gasteiger partial charge >= 0.3 is 0 Å². The molecule has 2 rings (SSSR count). The van der Waals surface area contributed by atoms with Gasteiger partial charge in [0.15, 0.2) is 0 Å². The van der Waals surface area contributed by atoms with Crippen LogP contribution in [0, 0.1) is 10.1 Å². The molecule has 0 aliphatic carbocycles. The van der Waals surface area contributed by atoms with Gasteiger partial charge in [-0.1, -0.05) is 15.9 Å². The third kappa shape index (κ3) is 3.23. The van der Waals surface area contributed by atoms with Gasteiger partial charge in [0.25, 0.3) is 5.69 Å². The van der Waals surface area contributed by atoms with E-state index in [9.17, 15) is 14.9 Å². The molecule has 0 spiro atoms. The molecule has 1 aliphatic rings. The van der Waals surface area contributed by atoms with Crippen LogP contribution in [0.5, 0.6) is 0 Å². The van der Waals surface area contributed by atoms with Gasteiger partial charge in [0.05, 0.1) is 4.92 Å². The van der Waals surface area contributed by atoms with Crippen molar-refractivity contribution in [2.45, 2.75) is 18.9 Å². The molecule has 1 aliphatic heterocycles. The Kier molecular flexibility index (Phi) is 4.04. The molecule has 1 atom stereocenters. The Labute approximate surface area is 119 Å². The average molecular weight is 328 g/mol. The minimum Gasteiger partial charge on any atom is -0.375 e. The lowest BCUT2D eigenvalue weighted by Gasteiger charge is -2.30. The van der Waals surface area contributed by atoms with E-state index in [0.29, 0.717) is 29.5 Å². The van der Waals surface area contributed by atoms with Crippen LogP contribution in [0.25, 0.3) is 0 Å². The van der Waals surface area contributed by atoms with Crippen molar-refractivity contribution in [1.29, 1.82) is 0 Å². The van der Waals surface area contributed by atoms with Crippen LogP contribution in [-0.2, 0) is 4.79 Å². The van der Waals surface area contributed by atoms with Gasteiger partial charge in [-0.05, 0) is 18.6 Å². The van der Waals surface area contributed by atoms with Crippen LogP contribution in [0.2, 0.25) is 0 Å². The van der Waals surface area contributed by atoms with E-state index in [2.05, 4.69) is 21.2 Å². The molecule has 1 N–H and O–H groups in total. The molecule has 0 bridgehead atoms. The largest absolute Gasteiger partial charge is 0.375 e. The number of hydrogen-bond acceptors (Lipinski definition) is 4. The summed E-state index contributed by atoms with van der Waals surface area (Å²) in [6.45, 7) is 0.562. The summed E-state index contributed by atoms with van der Waals surface area (Å²) in [4.78, 5) is 23.6. The number of anilines is 1. The minimum atomic E-state index is -0.412. The Morgan fingerprint density at radius 2 is 2.26 bits per heavy atom. The SMILES string of the molecule is CN1CC(Nc2ccc(Br)cc2[N+](=O)[O-])CCC1=O. The first kappa shape index (κ1) is 13.8. The van der Waals surface area contributed by atoms with Crippen LogP contribution >= 0.6 is 15.9 Å². The highest BCUT2D eigenvalue weighted by atomic mass is 79.9. The third-order valence-electron chi connectivity index (χ3n) is 3.14. The first-order valence-corrected chi connectivity index (χ1v) is 6.71. The summed E-state index contributed by atoms with van der Waals surface area (Å²) in [6.07, 6.45) is 1.16. The van der Waals surface area contributed by atoms with Gasteiger partial charge in [-0.2, -0.15) is 0 Å². The standard InChI is InChI=1S/C12H14BrN3O3/c1-15-7-9(3-5-12(15)17)14-10-4-2-8(13)6-11(10)16(18)19/h2,4,6,9,14H,3,5,7H2,1H3. The van der Waals surface area contributed by atoms with Crippen molar-refractivity contribution in [3.63, 3.8) is 0 Å². The van der Waals surface area contributed by atoms with E-state index in [1.807, 2.05) is 0 Å². The van der Waals surface area contributed by atoms with E-state index in [4.69, 9.17) is 0 Å². The highest BCUT2D eigenvalue weighted by Crippen LogP contribution is 2.29. The van der Waals surface area contributed by atoms with Gasteiger partial charge in [0.2, 0.25) is 5.91 Å². The average Bonchev–Trinajstić information content (AvgIpc) is 2.36. The Morgan fingerprint density at radius 1 is 1.53 bits per heavy atom. The van der Waals surface area contributed by atoms with Crippen molar-refractivity contribution in [3.05, 3.63) is 32.8 Å². The second-order valence-electron chi connectivity index (χ2n) is 4.57. The summed E-state index contributed by atoms with van der Waals surface area (Å²) in [5.74, 6) is 0.114. The topological polar surface area (TPSA) is 75.5 Å². The maximum absolute atomic E-state index is 11.4. The van der Waals surface area contributed by atoms with E-state index in [-0.39, 0.29) is 17.6 Å². The number of carbonyl (C=O) groups is 1. The van der Waals surface area contributed by atoms with Crippen LogP contribution in [-0.4, -0.2) is 35.4 Å². The van der Waals surface area contributed by atoms with E-state index in [1.165, 1.54) is 6.07 Å². The molecule has 0 saturated carbocycles. The Morgan fingerprint density at radius 3 is 2.89 bits per heavy atom. The van der Waals surface area contributed by atoms with Gasteiger partial charge < -0.3 is 10.2 Å². The fraction of sp³-hybridized carbons (Fsp3) is 0.417. The maximum atomic E-state index is 11.4.